The summed E-state index contributed by atoms with van der Waals surface area (Å²) in [6.07, 6.45) is 3.67. The minimum absolute atomic E-state index is 0.0145. The molecule has 6 nitrogen and oxygen atoms in total. The Kier molecular flexibility index (Phi) is 10.4. The molecule has 0 unspecified atom stereocenters. The van der Waals surface area contributed by atoms with Gasteiger partial charge in [0.1, 0.15) is 11.5 Å². The summed E-state index contributed by atoms with van der Waals surface area (Å²) in [5.41, 5.74) is 3.91. The molecule has 38 heavy (non-hydrogen) atoms. The summed E-state index contributed by atoms with van der Waals surface area (Å²) in [6.45, 7) is 14.4. The Morgan fingerprint density at radius 2 is 1.08 bits per heavy atom. The van der Waals surface area contributed by atoms with E-state index in [1.165, 1.54) is 0 Å². The zero-order valence-corrected chi connectivity index (χ0v) is 24.1. The maximum absolute atomic E-state index is 11.7. The maximum Gasteiger partial charge on any atom is 0.303 e. The van der Waals surface area contributed by atoms with Crippen molar-refractivity contribution in [3.05, 3.63) is 57.6 Å². The summed E-state index contributed by atoms with van der Waals surface area (Å²) >= 11 is 0. The van der Waals surface area contributed by atoms with Crippen LogP contribution in [0.15, 0.2) is 24.3 Å². The molecule has 4 N–H and O–H groups in total. The van der Waals surface area contributed by atoms with Gasteiger partial charge < -0.3 is 20.4 Å². The van der Waals surface area contributed by atoms with E-state index in [-0.39, 0.29) is 41.1 Å². The molecule has 2 aromatic carbocycles. The highest BCUT2D eigenvalue weighted by atomic mass is 16.4. The highest BCUT2D eigenvalue weighted by Gasteiger charge is 2.31. The number of phenolic OH excluding ortho intramolecular Hbond substituents is 2. The minimum Gasteiger partial charge on any atom is -0.507 e. The van der Waals surface area contributed by atoms with Gasteiger partial charge in [0.25, 0.3) is 0 Å². The normalized spacial score (nSPS) is 12.2. The average molecular weight is 527 g/mol. The first-order valence-electron chi connectivity index (χ1n) is 13.8. The summed E-state index contributed by atoms with van der Waals surface area (Å²) in [4.78, 5) is 22.7. The zero-order chi connectivity index (χ0) is 28.8. The fourth-order valence-electron chi connectivity index (χ4n) is 4.94. The third kappa shape index (κ3) is 7.30. The van der Waals surface area contributed by atoms with Crippen molar-refractivity contribution in [2.24, 2.45) is 0 Å². The molecule has 0 spiro atoms. The topological polar surface area (TPSA) is 115 Å². The van der Waals surface area contributed by atoms with Crippen LogP contribution in [0.2, 0.25) is 0 Å². The van der Waals surface area contributed by atoms with Gasteiger partial charge in [0.2, 0.25) is 0 Å². The number of hydrogen-bond acceptors (Lipinski definition) is 4. The van der Waals surface area contributed by atoms with Crippen LogP contribution in [0, 0.1) is 0 Å². The number of carbonyl (C=O) groups is 2. The first-order valence-corrected chi connectivity index (χ1v) is 13.8. The van der Waals surface area contributed by atoms with Crippen LogP contribution in [0.5, 0.6) is 11.5 Å². The van der Waals surface area contributed by atoms with Gasteiger partial charge in [-0.25, -0.2) is 0 Å². The molecule has 0 bridgehead atoms. The van der Waals surface area contributed by atoms with E-state index in [0.717, 1.165) is 41.5 Å². The van der Waals surface area contributed by atoms with Gasteiger partial charge in [-0.3, -0.25) is 9.59 Å². The van der Waals surface area contributed by atoms with Crippen LogP contribution < -0.4 is 0 Å². The van der Waals surface area contributed by atoms with Crippen molar-refractivity contribution in [1.29, 1.82) is 0 Å². The van der Waals surface area contributed by atoms with Gasteiger partial charge in [0.05, 0.1) is 0 Å². The second-order valence-electron chi connectivity index (χ2n) is 11.8. The number of carboxylic acids is 2. The molecule has 0 fully saturated rings. The summed E-state index contributed by atoms with van der Waals surface area (Å²) in [5, 5.41) is 41.9. The van der Waals surface area contributed by atoms with Crippen molar-refractivity contribution in [2.75, 3.05) is 0 Å². The molecule has 0 aromatic heterocycles. The molecule has 0 aliphatic heterocycles. The second-order valence-corrected chi connectivity index (χ2v) is 11.8. The van der Waals surface area contributed by atoms with Crippen molar-refractivity contribution < 1.29 is 30.0 Å². The third-order valence-corrected chi connectivity index (χ3v) is 8.21. The highest BCUT2D eigenvalue weighted by molar-refractivity contribution is 5.68. The Bertz CT molecular complexity index is 1060. The minimum atomic E-state index is -0.878. The number of hydrogen-bond donors (Lipinski definition) is 4. The lowest BCUT2D eigenvalue weighted by Crippen LogP contribution is -2.19. The van der Waals surface area contributed by atoms with E-state index in [4.69, 9.17) is 0 Å². The van der Waals surface area contributed by atoms with Crippen molar-refractivity contribution in [2.45, 2.75) is 117 Å². The average Bonchev–Trinajstić information content (AvgIpc) is 2.85. The Labute approximate surface area is 227 Å². The fraction of sp³-hybridized carbons (Fsp3) is 0.562. The number of rotatable bonds is 14. The highest BCUT2D eigenvalue weighted by Crippen LogP contribution is 2.47. The molecule has 6 heteroatoms. The molecule has 0 atom stereocenters. The lowest BCUT2D eigenvalue weighted by atomic mass is 9.74. The molecular formula is C32H46O6. The van der Waals surface area contributed by atoms with Gasteiger partial charge in [0, 0.05) is 41.0 Å². The predicted octanol–water partition coefficient (Wildman–Crippen LogP) is 7.44. The smallest absolute Gasteiger partial charge is 0.303 e. The van der Waals surface area contributed by atoms with Gasteiger partial charge in [-0.1, -0.05) is 79.2 Å². The first kappa shape index (κ1) is 31.2. The van der Waals surface area contributed by atoms with E-state index >= 15 is 0 Å². The van der Waals surface area contributed by atoms with E-state index < -0.39 is 11.9 Å². The van der Waals surface area contributed by atoms with Gasteiger partial charge in [-0.15, -0.1) is 0 Å². The molecule has 0 heterocycles. The molecule has 0 saturated heterocycles. The van der Waals surface area contributed by atoms with Gasteiger partial charge >= 0.3 is 11.9 Å². The first-order chi connectivity index (χ1) is 17.7. The number of carboxylic acid groups (broad SMARTS) is 2. The maximum atomic E-state index is 11.7. The summed E-state index contributed by atoms with van der Waals surface area (Å²) in [7, 11) is 0. The predicted molar refractivity (Wildman–Crippen MR) is 152 cm³/mol. The van der Waals surface area contributed by atoms with Crippen molar-refractivity contribution in [3.63, 3.8) is 0 Å². The third-order valence-electron chi connectivity index (χ3n) is 8.21. The van der Waals surface area contributed by atoms with Crippen LogP contribution in [-0.4, -0.2) is 32.4 Å². The SMILES string of the molecule is CCCC(c1cc(CCC(=O)O)cc(C(C)(C)CC)c1O)c1cc(CCC(=O)O)cc(C(C)(C)CC)c1O. The van der Waals surface area contributed by atoms with Crippen LogP contribution in [0.3, 0.4) is 0 Å². The second kappa shape index (κ2) is 12.7. The summed E-state index contributed by atoms with van der Waals surface area (Å²) in [5.74, 6) is -1.73. The number of aliphatic carboxylic acids is 2. The lowest BCUT2D eigenvalue weighted by Gasteiger charge is -2.31. The Balaban J connectivity index is 2.88. The Hall–Kier alpha value is -3.02. The van der Waals surface area contributed by atoms with Crippen LogP contribution in [0.4, 0.5) is 0 Å². The molecule has 0 amide bonds. The van der Waals surface area contributed by atoms with E-state index in [1.54, 1.807) is 0 Å². The quantitative estimate of drug-likeness (QED) is 0.203. The summed E-state index contributed by atoms with van der Waals surface area (Å²) < 4.78 is 0. The number of phenols is 2. The van der Waals surface area contributed by atoms with Crippen molar-refractivity contribution in [1.82, 2.24) is 0 Å². The molecule has 0 radical (unpaired) electrons. The van der Waals surface area contributed by atoms with Crippen LogP contribution in [0.1, 0.15) is 126 Å². The molecule has 0 saturated carbocycles. The van der Waals surface area contributed by atoms with Crippen LogP contribution in [0.25, 0.3) is 0 Å². The van der Waals surface area contributed by atoms with Gasteiger partial charge in [-0.05, 0) is 54.1 Å². The van der Waals surface area contributed by atoms with Crippen molar-refractivity contribution in [3.8, 4) is 11.5 Å². The standard InChI is InChI=1S/C32H46O6/c1-8-11-22(23-16-20(12-14-27(33)34)18-25(29(23)37)31(4,5)9-2)24-17-21(13-15-28(35)36)19-26(30(24)38)32(6,7)10-3/h16-19,22,37-38H,8-15H2,1-7H3,(H,33,34)(H,35,36). The molecule has 2 aromatic rings. The van der Waals surface area contributed by atoms with E-state index in [2.05, 4.69) is 48.5 Å². The molecule has 2 rings (SSSR count). The van der Waals surface area contributed by atoms with Gasteiger partial charge in [0.15, 0.2) is 0 Å². The fourth-order valence-corrected chi connectivity index (χ4v) is 4.94. The van der Waals surface area contributed by atoms with E-state index in [1.807, 2.05) is 24.3 Å². The van der Waals surface area contributed by atoms with Crippen molar-refractivity contribution >= 4 is 11.9 Å². The number of benzene rings is 2. The monoisotopic (exact) mass is 526 g/mol. The molecular weight excluding hydrogens is 480 g/mol. The largest absolute Gasteiger partial charge is 0.507 e. The molecule has 210 valence electrons. The lowest BCUT2D eigenvalue weighted by molar-refractivity contribution is -0.138. The number of aryl methyl sites for hydroxylation is 2. The van der Waals surface area contributed by atoms with Crippen LogP contribution in [-0.2, 0) is 33.3 Å². The number of aromatic hydroxyl groups is 2. The Morgan fingerprint density at radius 3 is 1.37 bits per heavy atom. The van der Waals surface area contributed by atoms with Gasteiger partial charge in [-0.2, -0.15) is 0 Å². The molecule has 0 aliphatic rings. The summed E-state index contributed by atoms with van der Waals surface area (Å²) in [6, 6.07) is 7.62. The van der Waals surface area contributed by atoms with Crippen LogP contribution >= 0.6 is 0 Å². The van der Waals surface area contributed by atoms with E-state index in [0.29, 0.717) is 30.4 Å². The Morgan fingerprint density at radius 1 is 0.711 bits per heavy atom. The molecule has 0 aliphatic carbocycles. The zero-order valence-electron chi connectivity index (χ0n) is 24.1. The van der Waals surface area contributed by atoms with E-state index in [9.17, 15) is 30.0 Å².